The number of carbonyl (C=O) groups excluding carboxylic acids is 1. The minimum Gasteiger partial charge on any atom is -0.378 e. The first-order valence-corrected chi connectivity index (χ1v) is 7.64. The molecule has 0 aromatic rings. The summed E-state index contributed by atoms with van der Waals surface area (Å²) in [5.41, 5.74) is 0. The fourth-order valence-electron chi connectivity index (χ4n) is 3.56. The highest BCUT2D eigenvalue weighted by molar-refractivity contribution is 5.76. The number of carbonyl (C=O) groups is 1. The minimum atomic E-state index is 0.277. The molecule has 3 fully saturated rings. The fraction of sp³-hybridized carbons (Fsp3) is 0.929. The number of hydrogen-bond acceptors (Lipinski definition) is 4. The predicted molar refractivity (Wildman–Crippen MR) is 73.0 cm³/mol. The van der Waals surface area contributed by atoms with Crippen molar-refractivity contribution in [1.82, 2.24) is 15.1 Å². The quantitative estimate of drug-likeness (QED) is 0.774. The van der Waals surface area contributed by atoms with Crippen LogP contribution in [0.15, 0.2) is 0 Å². The summed E-state index contributed by atoms with van der Waals surface area (Å²) in [5.74, 6) is 1.09. The maximum atomic E-state index is 12.0. The molecule has 3 atom stereocenters. The van der Waals surface area contributed by atoms with Crippen LogP contribution in [0.3, 0.4) is 0 Å². The summed E-state index contributed by atoms with van der Waals surface area (Å²) in [6.07, 6.45) is 3.21. The van der Waals surface area contributed by atoms with E-state index in [1.807, 2.05) is 4.90 Å². The molecule has 2 bridgehead atoms. The fourth-order valence-corrected chi connectivity index (χ4v) is 3.56. The van der Waals surface area contributed by atoms with Crippen molar-refractivity contribution in [2.75, 3.05) is 52.5 Å². The van der Waals surface area contributed by atoms with Crippen molar-refractivity contribution in [2.24, 2.45) is 5.92 Å². The van der Waals surface area contributed by atoms with Crippen molar-refractivity contribution in [3.05, 3.63) is 0 Å². The van der Waals surface area contributed by atoms with Gasteiger partial charge in [-0.15, -0.1) is 0 Å². The lowest BCUT2D eigenvalue weighted by Gasteiger charge is -2.31. The van der Waals surface area contributed by atoms with Gasteiger partial charge in [0.2, 0.25) is 5.91 Å². The lowest BCUT2D eigenvalue weighted by molar-refractivity contribution is -0.135. The first-order valence-electron chi connectivity index (χ1n) is 7.64. The Balaban J connectivity index is 1.37. The van der Waals surface area contributed by atoms with Crippen molar-refractivity contribution >= 4 is 5.91 Å². The van der Waals surface area contributed by atoms with Gasteiger partial charge in [-0.05, 0) is 31.8 Å². The molecule has 5 nitrogen and oxygen atoms in total. The van der Waals surface area contributed by atoms with Crippen molar-refractivity contribution in [2.45, 2.75) is 25.3 Å². The van der Waals surface area contributed by atoms with Crippen molar-refractivity contribution in [3.63, 3.8) is 0 Å². The van der Waals surface area contributed by atoms with Gasteiger partial charge in [-0.2, -0.15) is 0 Å². The Morgan fingerprint density at radius 1 is 1.16 bits per heavy atom. The van der Waals surface area contributed by atoms with E-state index in [9.17, 15) is 4.79 Å². The summed E-state index contributed by atoms with van der Waals surface area (Å²) in [6.45, 7) is 7.51. The predicted octanol–water partition coefficient (Wildman–Crippen LogP) is -0.0809. The van der Waals surface area contributed by atoms with E-state index < -0.39 is 0 Å². The summed E-state index contributed by atoms with van der Waals surface area (Å²) >= 11 is 0. The number of nitrogens with one attached hydrogen (secondary N) is 1. The number of hydrogen-bond donors (Lipinski definition) is 1. The molecule has 108 valence electrons. The maximum Gasteiger partial charge on any atom is 0.224 e. The zero-order chi connectivity index (χ0) is 13.1. The van der Waals surface area contributed by atoms with Crippen LogP contribution in [0.4, 0.5) is 0 Å². The zero-order valence-corrected chi connectivity index (χ0v) is 11.6. The van der Waals surface area contributed by atoms with Gasteiger partial charge in [0.1, 0.15) is 0 Å². The van der Waals surface area contributed by atoms with Crippen molar-refractivity contribution in [1.29, 1.82) is 0 Å². The van der Waals surface area contributed by atoms with E-state index in [1.54, 1.807) is 0 Å². The van der Waals surface area contributed by atoms with Crippen LogP contribution in [0.1, 0.15) is 19.3 Å². The summed E-state index contributed by atoms with van der Waals surface area (Å²) in [4.78, 5) is 16.5. The van der Waals surface area contributed by atoms with Gasteiger partial charge >= 0.3 is 0 Å². The average molecular weight is 267 g/mol. The number of ether oxygens (including phenoxy) is 1. The molecule has 3 saturated heterocycles. The smallest absolute Gasteiger partial charge is 0.224 e. The molecule has 0 spiro atoms. The number of piperidine rings is 1. The molecule has 0 aromatic carbocycles. The van der Waals surface area contributed by atoms with Crippen LogP contribution in [-0.2, 0) is 9.53 Å². The Morgan fingerprint density at radius 2 is 1.95 bits per heavy atom. The van der Waals surface area contributed by atoms with Crippen molar-refractivity contribution in [3.8, 4) is 0 Å². The molecular formula is C14H25N3O2. The summed E-state index contributed by atoms with van der Waals surface area (Å²) in [5, 5.41) is 3.61. The van der Waals surface area contributed by atoms with E-state index in [0.717, 1.165) is 25.6 Å². The second kappa shape index (κ2) is 6.20. The van der Waals surface area contributed by atoms with E-state index in [0.29, 0.717) is 25.7 Å². The van der Waals surface area contributed by atoms with E-state index in [1.165, 1.54) is 32.5 Å². The number of amides is 1. The Labute approximate surface area is 115 Å². The van der Waals surface area contributed by atoms with Crippen LogP contribution < -0.4 is 5.32 Å². The summed E-state index contributed by atoms with van der Waals surface area (Å²) in [7, 11) is 0. The monoisotopic (exact) mass is 267 g/mol. The second-order valence-corrected chi connectivity index (χ2v) is 5.94. The van der Waals surface area contributed by atoms with Gasteiger partial charge in [0.05, 0.1) is 13.2 Å². The van der Waals surface area contributed by atoms with Crippen LogP contribution in [0, 0.1) is 5.92 Å². The second-order valence-electron chi connectivity index (χ2n) is 5.94. The summed E-state index contributed by atoms with van der Waals surface area (Å²) < 4.78 is 5.27. The van der Waals surface area contributed by atoms with Crippen LogP contribution >= 0.6 is 0 Å². The first kappa shape index (κ1) is 13.3. The number of fused-ring (bicyclic) bond motifs is 2. The molecule has 0 aliphatic carbocycles. The molecule has 1 amide bonds. The van der Waals surface area contributed by atoms with Crippen LogP contribution in [0.5, 0.6) is 0 Å². The third-order valence-corrected chi connectivity index (χ3v) is 4.74. The molecule has 5 heteroatoms. The van der Waals surface area contributed by atoms with Crippen molar-refractivity contribution < 1.29 is 9.53 Å². The molecule has 3 rings (SSSR count). The Hall–Kier alpha value is -0.650. The first-order chi connectivity index (χ1) is 9.33. The molecule has 0 aromatic heterocycles. The Morgan fingerprint density at radius 3 is 2.79 bits per heavy atom. The Bertz CT molecular complexity index is 318. The highest BCUT2D eigenvalue weighted by atomic mass is 16.5. The van der Waals surface area contributed by atoms with Gasteiger partial charge in [-0.25, -0.2) is 0 Å². The third kappa shape index (κ3) is 3.27. The molecule has 19 heavy (non-hydrogen) atoms. The molecule has 3 heterocycles. The zero-order valence-electron chi connectivity index (χ0n) is 11.6. The van der Waals surface area contributed by atoms with Gasteiger partial charge in [0, 0.05) is 38.6 Å². The number of morpholine rings is 1. The van der Waals surface area contributed by atoms with Gasteiger partial charge in [-0.3, -0.25) is 4.79 Å². The van der Waals surface area contributed by atoms with E-state index >= 15 is 0 Å². The molecule has 0 radical (unpaired) electrons. The van der Waals surface area contributed by atoms with Gasteiger partial charge in [0.15, 0.2) is 0 Å². The van der Waals surface area contributed by atoms with Gasteiger partial charge < -0.3 is 19.9 Å². The normalized spacial score (nSPS) is 34.5. The molecule has 0 saturated carbocycles. The molecule has 1 N–H and O–H groups in total. The SMILES string of the molecule is O=C(CCNC1CCN2CCC1C2)N1CCOCC1. The molecule has 3 aliphatic rings. The van der Waals surface area contributed by atoms with E-state index in [4.69, 9.17) is 4.74 Å². The topological polar surface area (TPSA) is 44.8 Å². The number of nitrogens with zero attached hydrogens (tertiary/aromatic N) is 2. The molecular weight excluding hydrogens is 242 g/mol. The van der Waals surface area contributed by atoms with Crippen LogP contribution in [0.25, 0.3) is 0 Å². The minimum absolute atomic E-state index is 0.277. The van der Waals surface area contributed by atoms with E-state index in [-0.39, 0.29) is 5.91 Å². The van der Waals surface area contributed by atoms with Crippen LogP contribution in [0.2, 0.25) is 0 Å². The lowest BCUT2D eigenvalue weighted by Crippen LogP contribution is -2.46. The lowest BCUT2D eigenvalue weighted by atomic mass is 9.94. The molecule has 3 unspecified atom stereocenters. The van der Waals surface area contributed by atoms with Gasteiger partial charge in [-0.1, -0.05) is 0 Å². The third-order valence-electron chi connectivity index (χ3n) is 4.74. The van der Waals surface area contributed by atoms with Gasteiger partial charge in [0.25, 0.3) is 0 Å². The maximum absolute atomic E-state index is 12.0. The van der Waals surface area contributed by atoms with Crippen LogP contribution in [-0.4, -0.2) is 74.2 Å². The average Bonchev–Trinajstić information content (AvgIpc) is 2.85. The summed E-state index contributed by atoms with van der Waals surface area (Å²) in [6, 6.07) is 0.635. The highest BCUT2D eigenvalue weighted by Crippen LogP contribution is 2.26. The molecule has 3 aliphatic heterocycles. The number of rotatable bonds is 4. The van der Waals surface area contributed by atoms with E-state index in [2.05, 4.69) is 10.2 Å². The highest BCUT2D eigenvalue weighted by Gasteiger charge is 2.33. The largest absolute Gasteiger partial charge is 0.378 e. The Kier molecular flexibility index (Phi) is 4.35. The standard InChI is InChI=1S/C14H25N3O2/c18-14(17-7-9-19-10-8-17)1-4-15-13-3-6-16-5-2-12(13)11-16/h12-13,15H,1-11H2.